The molecule has 1 fully saturated rings. The SMILES string of the molecule is CCCC1CCCCN1C(=O)C(Br)C(C)C. The fourth-order valence-corrected chi connectivity index (χ4v) is 2.63. The molecule has 0 aromatic heterocycles. The summed E-state index contributed by atoms with van der Waals surface area (Å²) in [5.41, 5.74) is 0. The van der Waals surface area contributed by atoms with Crippen molar-refractivity contribution in [1.82, 2.24) is 4.90 Å². The van der Waals surface area contributed by atoms with E-state index in [9.17, 15) is 4.79 Å². The second-order valence-electron chi connectivity index (χ2n) is 5.12. The molecule has 2 atom stereocenters. The van der Waals surface area contributed by atoms with Crippen molar-refractivity contribution in [1.29, 1.82) is 0 Å². The normalized spacial score (nSPS) is 23.6. The van der Waals surface area contributed by atoms with Crippen LogP contribution in [-0.4, -0.2) is 28.2 Å². The van der Waals surface area contributed by atoms with E-state index in [0.717, 1.165) is 13.0 Å². The van der Waals surface area contributed by atoms with Gasteiger partial charge in [0, 0.05) is 12.6 Å². The highest BCUT2D eigenvalue weighted by Crippen LogP contribution is 2.25. The van der Waals surface area contributed by atoms with Crippen LogP contribution in [0.2, 0.25) is 0 Å². The Bertz CT molecular complexity index is 228. The van der Waals surface area contributed by atoms with Gasteiger partial charge in [-0.2, -0.15) is 0 Å². The van der Waals surface area contributed by atoms with Crippen molar-refractivity contribution in [2.24, 2.45) is 5.92 Å². The van der Waals surface area contributed by atoms with E-state index in [2.05, 4.69) is 41.6 Å². The molecule has 1 heterocycles. The summed E-state index contributed by atoms with van der Waals surface area (Å²) in [6.45, 7) is 7.34. The smallest absolute Gasteiger partial charge is 0.236 e. The molecule has 16 heavy (non-hydrogen) atoms. The summed E-state index contributed by atoms with van der Waals surface area (Å²) < 4.78 is 0. The first-order valence-electron chi connectivity index (χ1n) is 6.52. The number of hydrogen-bond acceptors (Lipinski definition) is 1. The highest BCUT2D eigenvalue weighted by atomic mass is 79.9. The molecule has 0 N–H and O–H groups in total. The molecule has 1 saturated heterocycles. The van der Waals surface area contributed by atoms with Crippen LogP contribution in [0, 0.1) is 5.92 Å². The summed E-state index contributed by atoms with van der Waals surface area (Å²) in [4.78, 5) is 14.4. The average Bonchev–Trinajstić information content (AvgIpc) is 2.28. The minimum absolute atomic E-state index is 0.00930. The van der Waals surface area contributed by atoms with Gasteiger partial charge in [0.1, 0.15) is 0 Å². The van der Waals surface area contributed by atoms with Gasteiger partial charge >= 0.3 is 0 Å². The Kier molecular flexibility index (Phi) is 5.81. The molecule has 0 aliphatic carbocycles. The number of piperidine rings is 1. The standard InChI is InChI=1S/C13H24BrNO/c1-4-7-11-8-5-6-9-15(11)13(16)12(14)10(2)3/h10-12H,4-9H2,1-3H3. The molecule has 2 unspecified atom stereocenters. The second kappa shape index (κ2) is 6.63. The first-order chi connectivity index (χ1) is 7.57. The maximum atomic E-state index is 12.3. The van der Waals surface area contributed by atoms with Crippen molar-refractivity contribution in [3.05, 3.63) is 0 Å². The molecule has 0 spiro atoms. The van der Waals surface area contributed by atoms with Gasteiger partial charge in [0.25, 0.3) is 0 Å². The lowest BCUT2D eigenvalue weighted by molar-refractivity contribution is -0.135. The van der Waals surface area contributed by atoms with Crippen molar-refractivity contribution in [3.63, 3.8) is 0 Å². The van der Waals surface area contributed by atoms with Crippen LogP contribution in [0.4, 0.5) is 0 Å². The molecule has 2 nitrogen and oxygen atoms in total. The van der Waals surface area contributed by atoms with Crippen LogP contribution in [-0.2, 0) is 4.79 Å². The van der Waals surface area contributed by atoms with Crippen molar-refractivity contribution in [2.75, 3.05) is 6.54 Å². The maximum Gasteiger partial charge on any atom is 0.236 e. The van der Waals surface area contributed by atoms with Gasteiger partial charge in [-0.3, -0.25) is 4.79 Å². The van der Waals surface area contributed by atoms with Gasteiger partial charge in [-0.25, -0.2) is 0 Å². The predicted octanol–water partition coefficient (Wildman–Crippen LogP) is 3.59. The van der Waals surface area contributed by atoms with Gasteiger partial charge in [-0.05, 0) is 31.6 Å². The van der Waals surface area contributed by atoms with E-state index in [1.807, 2.05) is 0 Å². The van der Waals surface area contributed by atoms with Gasteiger partial charge in [0.15, 0.2) is 0 Å². The number of hydrogen-bond donors (Lipinski definition) is 0. The fraction of sp³-hybridized carbons (Fsp3) is 0.923. The Morgan fingerprint density at radius 1 is 1.44 bits per heavy atom. The van der Waals surface area contributed by atoms with Crippen molar-refractivity contribution < 1.29 is 4.79 Å². The zero-order valence-corrected chi connectivity index (χ0v) is 12.3. The minimum atomic E-state index is -0.00930. The van der Waals surface area contributed by atoms with Gasteiger partial charge in [-0.15, -0.1) is 0 Å². The molecular formula is C13H24BrNO. The monoisotopic (exact) mass is 289 g/mol. The lowest BCUT2D eigenvalue weighted by Crippen LogP contribution is -2.47. The average molecular weight is 290 g/mol. The topological polar surface area (TPSA) is 20.3 Å². The van der Waals surface area contributed by atoms with E-state index in [1.165, 1.54) is 25.7 Å². The predicted molar refractivity (Wildman–Crippen MR) is 71.8 cm³/mol. The van der Waals surface area contributed by atoms with Crippen LogP contribution in [0.3, 0.4) is 0 Å². The molecular weight excluding hydrogens is 266 g/mol. The van der Waals surface area contributed by atoms with Crippen LogP contribution >= 0.6 is 15.9 Å². The Labute approximate surface area is 108 Å². The van der Waals surface area contributed by atoms with E-state index in [-0.39, 0.29) is 4.83 Å². The highest BCUT2D eigenvalue weighted by molar-refractivity contribution is 9.10. The third-order valence-electron chi connectivity index (χ3n) is 3.35. The van der Waals surface area contributed by atoms with Crippen molar-refractivity contribution >= 4 is 21.8 Å². The van der Waals surface area contributed by atoms with Crippen LogP contribution in [0.15, 0.2) is 0 Å². The van der Waals surface area contributed by atoms with Gasteiger partial charge in [0.2, 0.25) is 5.91 Å². The molecule has 1 aliphatic rings. The number of halogens is 1. The zero-order chi connectivity index (χ0) is 12.1. The van der Waals surface area contributed by atoms with Gasteiger partial charge < -0.3 is 4.90 Å². The number of amides is 1. The molecule has 1 amide bonds. The molecule has 0 aromatic rings. The second-order valence-corrected chi connectivity index (χ2v) is 6.10. The van der Waals surface area contributed by atoms with Crippen molar-refractivity contribution in [3.8, 4) is 0 Å². The largest absolute Gasteiger partial charge is 0.339 e. The molecule has 0 aromatic carbocycles. The molecule has 94 valence electrons. The van der Waals surface area contributed by atoms with Gasteiger partial charge in [0.05, 0.1) is 4.83 Å². The third-order valence-corrected chi connectivity index (χ3v) is 4.80. The molecule has 1 aliphatic heterocycles. The first kappa shape index (κ1) is 14.0. The van der Waals surface area contributed by atoms with Crippen LogP contribution in [0.5, 0.6) is 0 Å². The summed E-state index contributed by atoms with van der Waals surface area (Å²) >= 11 is 3.53. The lowest BCUT2D eigenvalue weighted by atomic mass is 9.97. The Morgan fingerprint density at radius 2 is 2.12 bits per heavy atom. The summed E-state index contributed by atoms with van der Waals surface area (Å²) in [6.07, 6.45) is 5.97. The number of carbonyl (C=O) groups is 1. The van der Waals surface area contributed by atoms with Gasteiger partial charge in [-0.1, -0.05) is 43.1 Å². The van der Waals surface area contributed by atoms with E-state index in [1.54, 1.807) is 0 Å². The fourth-order valence-electron chi connectivity index (χ4n) is 2.37. The molecule has 1 rings (SSSR count). The number of carbonyl (C=O) groups excluding carboxylic acids is 1. The van der Waals surface area contributed by atoms with Crippen molar-refractivity contribution in [2.45, 2.75) is 63.7 Å². The first-order valence-corrected chi connectivity index (χ1v) is 7.44. The molecule has 0 radical (unpaired) electrons. The number of likely N-dealkylation sites (tertiary alicyclic amines) is 1. The Morgan fingerprint density at radius 3 is 2.69 bits per heavy atom. The zero-order valence-electron chi connectivity index (χ0n) is 10.7. The van der Waals surface area contributed by atoms with E-state index >= 15 is 0 Å². The molecule has 0 saturated carbocycles. The Balaban J connectivity index is 2.63. The molecule has 0 bridgehead atoms. The summed E-state index contributed by atoms with van der Waals surface area (Å²) in [5.74, 6) is 0.671. The van der Waals surface area contributed by atoms with Crippen LogP contribution in [0.25, 0.3) is 0 Å². The number of rotatable bonds is 4. The maximum absolute atomic E-state index is 12.3. The minimum Gasteiger partial charge on any atom is -0.339 e. The third kappa shape index (κ3) is 3.47. The lowest BCUT2D eigenvalue weighted by Gasteiger charge is -2.37. The van der Waals surface area contributed by atoms with E-state index in [0.29, 0.717) is 17.9 Å². The van der Waals surface area contributed by atoms with E-state index in [4.69, 9.17) is 0 Å². The summed E-state index contributed by atoms with van der Waals surface area (Å²) in [7, 11) is 0. The van der Waals surface area contributed by atoms with E-state index < -0.39 is 0 Å². The summed E-state index contributed by atoms with van der Waals surface area (Å²) in [5, 5.41) is 0. The summed E-state index contributed by atoms with van der Waals surface area (Å²) in [6, 6.07) is 0.491. The number of nitrogens with zero attached hydrogens (tertiary/aromatic N) is 1. The number of alkyl halides is 1. The molecule has 3 heteroatoms. The Hall–Kier alpha value is -0.0500. The van der Waals surface area contributed by atoms with Crippen LogP contribution in [0.1, 0.15) is 52.9 Å². The highest BCUT2D eigenvalue weighted by Gasteiger charge is 2.30. The van der Waals surface area contributed by atoms with Crippen LogP contribution < -0.4 is 0 Å². The quantitative estimate of drug-likeness (QED) is 0.725.